The molecule has 3 heterocycles. The molecule has 30 heavy (non-hydrogen) atoms. The number of aromatic nitrogens is 3. The largest absolute Gasteiger partial charge is 0.326 e. The highest BCUT2D eigenvalue weighted by atomic mass is 79.9. The highest BCUT2D eigenvalue weighted by Crippen LogP contribution is 2.27. The number of imidazole rings is 1. The van der Waals surface area contributed by atoms with Crippen molar-refractivity contribution in [2.75, 3.05) is 26.2 Å². The van der Waals surface area contributed by atoms with Crippen LogP contribution in [0, 0.1) is 5.82 Å². The van der Waals surface area contributed by atoms with Crippen molar-refractivity contribution >= 4 is 37.3 Å². The first-order valence-electron chi connectivity index (χ1n) is 9.44. The maximum atomic E-state index is 13.2. The Hall–Kier alpha value is -1.66. The number of nitrogens with zero attached hydrogens (tertiary/aromatic N) is 5. The van der Waals surface area contributed by atoms with Crippen LogP contribution in [0.4, 0.5) is 4.39 Å². The molecule has 1 atom stereocenters. The minimum atomic E-state index is -3.50. The van der Waals surface area contributed by atoms with Gasteiger partial charge in [0.1, 0.15) is 5.82 Å². The second-order valence-electron chi connectivity index (χ2n) is 7.13. The van der Waals surface area contributed by atoms with Crippen LogP contribution in [0.1, 0.15) is 24.2 Å². The Bertz CT molecular complexity index is 1110. The predicted molar refractivity (Wildman–Crippen MR) is 116 cm³/mol. The molecule has 3 aromatic rings. The third kappa shape index (κ3) is 4.50. The van der Waals surface area contributed by atoms with Gasteiger partial charge in [-0.1, -0.05) is 23.5 Å². The summed E-state index contributed by atoms with van der Waals surface area (Å²) in [6.07, 6.45) is 5.01. The molecule has 0 saturated carbocycles. The topological polar surface area (TPSA) is 71.3 Å². The summed E-state index contributed by atoms with van der Waals surface area (Å²) in [6.45, 7) is 4.85. The van der Waals surface area contributed by atoms with Crippen molar-refractivity contribution in [2.45, 2.75) is 23.7 Å². The van der Waals surface area contributed by atoms with Crippen LogP contribution in [0.15, 0.2) is 51.1 Å². The van der Waals surface area contributed by atoms with Crippen molar-refractivity contribution < 1.29 is 12.8 Å². The number of hydrogen-bond donors (Lipinski definition) is 0. The van der Waals surface area contributed by atoms with Crippen molar-refractivity contribution in [3.63, 3.8) is 0 Å². The normalized spacial score (nSPS) is 17.3. The molecule has 0 spiro atoms. The van der Waals surface area contributed by atoms with Gasteiger partial charge in [0.05, 0.1) is 24.3 Å². The van der Waals surface area contributed by atoms with Crippen LogP contribution in [-0.4, -0.2) is 58.3 Å². The highest BCUT2D eigenvalue weighted by molar-refractivity contribution is 9.11. The fourth-order valence-electron chi connectivity index (χ4n) is 3.55. The first kappa shape index (κ1) is 21.6. The maximum Gasteiger partial charge on any atom is 0.254 e. The van der Waals surface area contributed by atoms with E-state index in [9.17, 15) is 12.8 Å². The molecular formula is C19H21BrFN5O2S2. The number of halogens is 2. The summed E-state index contributed by atoms with van der Waals surface area (Å²) in [5.41, 5.74) is 2.04. The van der Waals surface area contributed by atoms with Gasteiger partial charge in [-0.2, -0.15) is 4.31 Å². The second kappa shape index (κ2) is 8.83. The van der Waals surface area contributed by atoms with Gasteiger partial charge >= 0.3 is 0 Å². The number of benzene rings is 1. The molecule has 1 aliphatic rings. The molecule has 0 N–H and O–H groups in total. The van der Waals surface area contributed by atoms with Crippen LogP contribution in [-0.2, 0) is 16.6 Å². The monoisotopic (exact) mass is 513 g/mol. The van der Waals surface area contributed by atoms with Gasteiger partial charge in [-0.3, -0.25) is 4.90 Å². The summed E-state index contributed by atoms with van der Waals surface area (Å²) >= 11 is 4.34. The van der Waals surface area contributed by atoms with E-state index in [1.807, 2.05) is 6.20 Å². The number of hydrogen-bond acceptors (Lipinski definition) is 6. The van der Waals surface area contributed by atoms with Crippen LogP contribution >= 0.6 is 27.3 Å². The molecule has 1 aromatic carbocycles. The zero-order chi connectivity index (χ0) is 21.3. The molecule has 11 heteroatoms. The minimum absolute atomic E-state index is 0.0227. The molecule has 2 aromatic heterocycles. The van der Waals surface area contributed by atoms with Gasteiger partial charge in [0.2, 0.25) is 0 Å². The second-order valence-corrected chi connectivity index (χ2v) is 11.6. The first-order valence-corrected chi connectivity index (χ1v) is 12.5. The van der Waals surface area contributed by atoms with E-state index in [0.29, 0.717) is 36.6 Å². The van der Waals surface area contributed by atoms with Gasteiger partial charge < -0.3 is 4.57 Å². The fraction of sp³-hybridized carbons (Fsp3) is 0.368. The highest BCUT2D eigenvalue weighted by Gasteiger charge is 2.30. The molecular weight excluding hydrogens is 493 g/mol. The Morgan fingerprint density at radius 1 is 1.17 bits per heavy atom. The zero-order valence-electron chi connectivity index (χ0n) is 16.3. The van der Waals surface area contributed by atoms with Crippen LogP contribution in [0.3, 0.4) is 0 Å². The lowest BCUT2D eigenvalue weighted by Crippen LogP contribution is -2.48. The molecule has 4 rings (SSSR count). The predicted octanol–water partition coefficient (Wildman–Crippen LogP) is 3.36. The van der Waals surface area contributed by atoms with Gasteiger partial charge in [-0.05, 0) is 40.5 Å². The summed E-state index contributed by atoms with van der Waals surface area (Å²) in [7, 11) is -3.50. The Kier molecular flexibility index (Phi) is 6.35. The van der Waals surface area contributed by atoms with Crippen LogP contribution in [0.5, 0.6) is 0 Å². The Labute approximate surface area is 187 Å². The third-order valence-corrected chi connectivity index (χ3v) is 9.09. The summed E-state index contributed by atoms with van der Waals surface area (Å²) in [5, 5.41) is 0. The molecule has 0 bridgehead atoms. The number of piperazine rings is 1. The van der Waals surface area contributed by atoms with Crippen molar-refractivity contribution in [1.82, 2.24) is 23.7 Å². The van der Waals surface area contributed by atoms with Crippen LogP contribution < -0.4 is 0 Å². The van der Waals surface area contributed by atoms with Crippen molar-refractivity contribution in [1.29, 1.82) is 0 Å². The Morgan fingerprint density at radius 3 is 2.50 bits per heavy atom. The average molecular weight is 514 g/mol. The van der Waals surface area contributed by atoms with Crippen molar-refractivity contribution in [2.24, 2.45) is 0 Å². The van der Waals surface area contributed by atoms with E-state index in [1.54, 1.807) is 18.5 Å². The summed E-state index contributed by atoms with van der Waals surface area (Å²) in [5.74, 6) is -0.254. The fourth-order valence-corrected chi connectivity index (χ4v) is 6.93. The van der Waals surface area contributed by atoms with E-state index >= 15 is 0 Å². The molecule has 160 valence electrons. The average Bonchev–Trinajstić information content (AvgIpc) is 3.38. The van der Waals surface area contributed by atoms with Crippen molar-refractivity contribution in [3.05, 3.63) is 64.0 Å². The lowest BCUT2D eigenvalue weighted by molar-refractivity contribution is 0.178. The Morgan fingerprint density at radius 2 is 1.87 bits per heavy atom. The maximum absolute atomic E-state index is 13.2. The summed E-state index contributed by atoms with van der Waals surface area (Å²) < 4.78 is 43.2. The molecule has 1 unspecified atom stereocenters. The quantitative estimate of drug-likeness (QED) is 0.505. The van der Waals surface area contributed by atoms with E-state index in [-0.39, 0.29) is 16.1 Å². The molecule has 1 saturated heterocycles. The molecule has 1 aliphatic heterocycles. The van der Waals surface area contributed by atoms with Gasteiger partial charge in [0.15, 0.2) is 8.13 Å². The minimum Gasteiger partial charge on any atom is -0.326 e. The molecule has 7 nitrogen and oxygen atoms in total. The van der Waals surface area contributed by atoms with E-state index < -0.39 is 10.0 Å². The number of thiazole rings is 1. The van der Waals surface area contributed by atoms with Gasteiger partial charge in [-0.25, -0.2) is 22.8 Å². The zero-order valence-corrected chi connectivity index (χ0v) is 19.5. The van der Waals surface area contributed by atoms with Gasteiger partial charge in [-0.15, -0.1) is 0 Å². The lowest BCUT2D eigenvalue weighted by atomic mass is 10.1. The number of sulfonamides is 1. The standard InChI is InChI=1S/C19H21BrFN5O2S2/c1-14(15-2-4-16(21)5-3-15)26-13-22-10-17(26)12-24-6-8-25(9-7-24)30(27,28)18-11-23-19(20)29-18/h2-5,10-11,13-14H,6-9,12H2,1H3. The summed E-state index contributed by atoms with van der Waals surface area (Å²) in [4.78, 5) is 10.5. The van der Waals surface area contributed by atoms with Gasteiger partial charge in [0, 0.05) is 38.9 Å². The van der Waals surface area contributed by atoms with Crippen LogP contribution in [0.25, 0.3) is 0 Å². The number of rotatable bonds is 6. The van der Waals surface area contributed by atoms with E-state index in [2.05, 4.69) is 42.3 Å². The molecule has 1 fully saturated rings. The van der Waals surface area contributed by atoms with E-state index in [4.69, 9.17) is 0 Å². The third-order valence-electron chi connectivity index (χ3n) is 5.28. The van der Waals surface area contributed by atoms with Gasteiger partial charge in [0.25, 0.3) is 10.0 Å². The van der Waals surface area contributed by atoms with E-state index in [0.717, 1.165) is 22.6 Å². The van der Waals surface area contributed by atoms with E-state index in [1.165, 1.54) is 22.6 Å². The van der Waals surface area contributed by atoms with Crippen LogP contribution in [0.2, 0.25) is 0 Å². The smallest absolute Gasteiger partial charge is 0.254 e. The molecule has 0 amide bonds. The Balaban J connectivity index is 1.40. The lowest BCUT2D eigenvalue weighted by Gasteiger charge is -2.33. The van der Waals surface area contributed by atoms with Crippen molar-refractivity contribution in [3.8, 4) is 0 Å². The molecule has 0 aliphatic carbocycles. The summed E-state index contributed by atoms with van der Waals surface area (Å²) in [6, 6.07) is 6.51. The SMILES string of the molecule is CC(c1ccc(F)cc1)n1cncc1CN1CCN(S(=O)(=O)c2cnc(Br)s2)CC1. The first-order chi connectivity index (χ1) is 14.3. The molecule has 0 radical (unpaired) electrons.